The van der Waals surface area contributed by atoms with E-state index in [1.807, 2.05) is 0 Å². The van der Waals surface area contributed by atoms with Crippen LogP contribution in [0.1, 0.15) is 148 Å². The van der Waals surface area contributed by atoms with Gasteiger partial charge in [0.25, 0.3) is 0 Å². The van der Waals surface area contributed by atoms with Gasteiger partial charge in [0.2, 0.25) is 0 Å². The first-order valence-corrected chi connectivity index (χ1v) is 22.8. The van der Waals surface area contributed by atoms with E-state index in [2.05, 4.69) is 138 Å². The van der Waals surface area contributed by atoms with E-state index < -0.39 is 0 Å². The van der Waals surface area contributed by atoms with Crippen LogP contribution in [0.25, 0.3) is 38.6 Å². The van der Waals surface area contributed by atoms with E-state index in [9.17, 15) is 0 Å². The maximum atomic E-state index is 2.78. The first kappa shape index (κ1) is 36.0. The van der Waals surface area contributed by atoms with Crippen LogP contribution in [-0.4, -0.2) is 4.57 Å². The van der Waals surface area contributed by atoms with Gasteiger partial charge in [-0.05, 0) is 174 Å². The third kappa shape index (κ3) is 5.43. The van der Waals surface area contributed by atoms with Crippen LogP contribution in [0.5, 0.6) is 0 Å². The average Bonchev–Trinajstić information content (AvgIpc) is 3.78. The van der Waals surface area contributed by atoms with Crippen molar-refractivity contribution in [3.63, 3.8) is 0 Å². The van der Waals surface area contributed by atoms with Gasteiger partial charge < -0.3 is 4.57 Å². The van der Waals surface area contributed by atoms with Crippen LogP contribution in [0.3, 0.4) is 0 Å². The summed E-state index contributed by atoms with van der Waals surface area (Å²) >= 11 is 0. The van der Waals surface area contributed by atoms with E-state index in [4.69, 9.17) is 0 Å². The summed E-state index contributed by atoms with van der Waals surface area (Å²) < 4.78 is 2.59. The fraction of sp³-hybridized carbons (Fsp3) is 0.556. The largest absolute Gasteiger partial charge is 0.309 e. The maximum Gasteiger partial charge on any atom is 0.0544 e. The molecule has 5 aromatic rings. The van der Waals surface area contributed by atoms with Gasteiger partial charge in [-0.25, -0.2) is 0 Å². The van der Waals surface area contributed by atoms with E-state index in [1.165, 1.54) is 127 Å². The summed E-state index contributed by atoms with van der Waals surface area (Å²) in [6.45, 7) is 17.8. The molecule has 9 atom stereocenters. The molecule has 10 rings (SSSR count). The van der Waals surface area contributed by atoms with E-state index in [0.29, 0.717) is 16.7 Å². The smallest absolute Gasteiger partial charge is 0.0544 e. The van der Waals surface area contributed by atoms with E-state index >= 15 is 0 Å². The zero-order valence-corrected chi connectivity index (χ0v) is 35.1. The Kier molecular flexibility index (Phi) is 8.59. The first-order valence-electron chi connectivity index (χ1n) is 22.8. The van der Waals surface area contributed by atoms with Gasteiger partial charge in [-0.3, -0.25) is 0 Å². The van der Waals surface area contributed by atoms with Gasteiger partial charge in [0.1, 0.15) is 0 Å². The minimum atomic E-state index is -0.0149. The van der Waals surface area contributed by atoms with Gasteiger partial charge in [-0.2, -0.15) is 0 Å². The van der Waals surface area contributed by atoms with Gasteiger partial charge in [-0.1, -0.05) is 122 Å². The Bertz CT molecular complexity index is 2250. The van der Waals surface area contributed by atoms with Crippen molar-refractivity contribution < 1.29 is 0 Å². The lowest BCUT2D eigenvalue weighted by molar-refractivity contribution is -0.117. The zero-order chi connectivity index (χ0) is 37.9. The maximum absolute atomic E-state index is 2.78. The number of para-hydroxylation sites is 1. The molecule has 0 N–H and O–H groups in total. The molecule has 1 unspecified atom stereocenters. The summed E-state index contributed by atoms with van der Waals surface area (Å²) in [5, 5.41) is 2.73. The molecule has 1 aromatic heterocycles. The van der Waals surface area contributed by atoms with Gasteiger partial charge in [0.05, 0.1) is 11.0 Å². The molecule has 0 spiro atoms. The van der Waals surface area contributed by atoms with Crippen molar-refractivity contribution in [1.82, 2.24) is 4.57 Å². The standard InChI is InChI=1S/C54H67N/c1-34(2)14-12-15-35(3)45-24-25-47-42-23-22-38-30-37(26-28-53(38,6)48(42)27-29-54(45,47)7)36-16-13-17-39(31-36)55-50-21-11-9-19-41(50)44-32-43-40-18-8-10-20-46(40)52(4,5)49(43)33-51(44)55/h8-11,13,16-21,31-35,37-38,42,45,47-48H,12,14-15,22-30H2,1-7H3/t35-,37?,38+,42+,45-,47+,48+,53+,54-/m0/s1. The Labute approximate surface area is 332 Å². The highest BCUT2D eigenvalue weighted by atomic mass is 15.0. The lowest BCUT2D eigenvalue weighted by Crippen LogP contribution is -2.53. The second-order valence-electron chi connectivity index (χ2n) is 21.2. The van der Waals surface area contributed by atoms with Crippen LogP contribution >= 0.6 is 0 Å². The molecular formula is C54H67N. The molecule has 1 heteroatoms. The Morgan fingerprint density at radius 2 is 1.42 bits per heavy atom. The van der Waals surface area contributed by atoms with Crippen molar-refractivity contribution in [1.29, 1.82) is 0 Å². The lowest BCUT2D eigenvalue weighted by Gasteiger charge is -2.61. The fourth-order valence-electron chi connectivity index (χ4n) is 14.9. The minimum absolute atomic E-state index is 0.0149. The average molecular weight is 730 g/mol. The van der Waals surface area contributed by atoms with Gasteiger partial charge in [0.15, 0.2) is 0 Å². The van der Waals surface area contributed by atoms with Gasteiger partial charge in [-0.15, -0.1) is 0 Å². The highest BCUT2D eigenvalue weighted by Crippen LogP contribution is 2.69. The molecule has 4 fully saturated rings. The van der Waals surface area contributed by atoms with Crippen molar-refractivity contribution >= 4 is 21.8 Å². The van der Waals surface area contributed by atoms with Crippen LogP contribution in [0.2, 0.25) is 0 Å². The monoisotopic (exact) mass is 730 g/mol. The molecule has 1 heterocycles. The highest BCUT2D eigenvalue weighted by molar-refractivity contribution is 6.11. The number of benzene rings is 4. The first-order chi connectivity index (χ1) is 26.5. The number of aromatic nitrogens is 1. The van der Waals surface area contributed by atoms with Gasteiger partial charge in [0, 0.05) is 21.9 Å². The summed E-state index contributed by atoms with van der Waals surface area (Å²) in [6, 6.07) is 33.0. The molecule has 0 bridgehead atoms. The topological polar surface area (TPSA) is 4.93 Å². The molecule has 5 aliphatic carbocycles. The van der Waals surface area contributed by atoms with Crippen LogP contribution < -0.4 is 0 Å². The SMILES string of the molecule is CC(C)CCC[C@H](C)[C@@H]1CC[C@@H]2[C@H]3CC[C@@H]4CC(c5cccc(-n6c7ccccc7c7cc8c(cc76)C(C)(C)c6ccccc6-8)c5)CC[C@@]4(C)[C@@H]3CC[C@]21C. The molecule has 5 aliphatic rings. The second-order valence-corrected chi connectivity index (χ2v) is 21.2. The summed E-state index contributed by atoms with van der Waals surface area (Å²) in [4.78, 5) is 0. The van der Waals surface area contributed by atoms with Crippen LogP contribution in [0.15, 0.2) is 84.9 Å². The van der Waals surface area contributed by atoms with Crippen molar-refractivity contribution in [3.05, 3.63) is 102 Å². The summed E-state index contributed by atoms with van der Waals surface area (Å²) in [5.41, 5.74) is 12.4. The molecule has 0 aliphatic heterocycles. The fourth-order valence-corrected chi connectivity index (χ4v) is 14.9. The van der Waals surface area contributed by atoms with Crippen molar-refractivity contribution in [2.24, 2.45) is 52.3 Å². The molecule has 55 heavy (non-hydrogen) atoms. The van der Waals surface area contributed by atoms with E-state index in [1.54, 1.807) is 5.56 Å². The van der Waals surface area contributed by atoms with Crippen molar-refractivity contribution in [2.75, 3.05) is 0 Å². The quantitative estimate of drug-likeness (QED) is 0.157. The zero-order valence-electron chi connectivity index (χ0n) is 35.1. The molecule has 0 amide bonds. The number of nitrogens with zero attached hydrogens (tertiary/aromatic N) is 1. The highest BCUT2D eigenvalue weighted by Gasteiger charge is 2.60. The van der Waals surface area contributed by atoms with Crippen LogP contribution in [-0.2, 0) is 5.41 Å². The summed E-state index contributed by atoms with van der Waals surface area (Å²) in [6.07, 6.45) is 17.4. The van der Waals surface area contributed by atoms with Crippen molar-refractivity contribution in [2.45, 2.75) is 137 Å². The Balaban J connectivity index is 0.919. The Morgan fingerprint density at radius 1 is 0.636 bits per heavy atom. The van der Waals surface area contributed by atoms with Crippen LogP contribution in [0, 0.1) is 52.3 Å². The van der Waals surface area contributed by atoms with E-state index in [0.717, 1.165) is 41.4 Å². The third-order valence-electron chi connectivity index (χ3n) is 17.8. The number of fused-ring (bicyclic) bond motifs is 11. The summed E-state index contributed by atoms with van der Waals surface area (Å²) in [5.74, 6) is 7.13. The third-order valence-corrected chi connectivity index (χ3v) is 17.8. The number of hydrogen-bond acceptors (Lipinski definition) is 0. The minimum Gasteiger partial charge on any atom is -0.309 e. The molecule has 4 saturated carbocycles. The van der Waals surface area contributed by atoms with E-state index in [-0.39, 0.29) is 5.41 Å². The Hall–Kier alpha value is -3.32. The second kappa shape index (κ2) is 13.1. The van der Waals surface area contributed by atoms with Crippen LogP contribution in [0.4, 0.5) is 0 Å². The molecule has 0 radical (unpaired) electrons. The molecule has 1 nitrogen and oxygen atoms in total. The molecular weight excluding hydrogens is 663 g/mol. The number of rotatable bonds is 7. The predicted molar refractivity (Wildman–Crippen MR) is 234 cm³/mol. The lowest BCUT2D eigenvalue weighted by atomic mass is 9.43. The molecule has 4 aromatic carbocycles. The predicted octanol–water partition coefficient (Wildman–Crippen LogP) is 15.3. The normalized spacial score (nSPS) is 32.6. The number of hydrogen-bond donors (Lipinski definition) is 0. The van der Waals surface area contributed by atoms with Gasteiger partial charge >= 0.3 is 0 Å². The molecule has 0 saturated heterocycles. The summed E-state index contributed by atoms with van der Waals surface area (Å²) in [7, 11) is 0. The Morgan fingerprint density at radius 3 is 2.27 bits per heavy atom. The van der Waals surface area contributed by atoms with Crippen molar-refractivity contribution in [3.8, 4) is 16.8 Å². The molecule has 288 valence electrons.